The molecule has 1 saturated heterocycles. The van der Waals surface area contributed by atoms with Crippen LogP contribution in [0.25, 0.3) is 0 Å². The molecule has 0 amide bonds. The van der Waals surface area contributed by atoms with Gasteiger partial charge in [0.25, 0.3) is 0 Å². The molecular weight excluding hydrogens is 142 g/mol. The van der Waals surface area contributed by atoms with Gasteiger partial charge in [0.15, 0.2) is 0 Å². The van der Waals surface area contributed by atoms with E-state index >= 15 is 0 Å². The fourth-order valence-electron chi connectivity index (χ4n) is 1.31. The van der Waals surface area contributed by atoms with Gasteiger partial charge in [-0.2, -0.15) is 0 Å². The van der Waals surface area contributed by atoms with E-state index in [1.165, 1.54) is 0 Å². The van der Waals surface area contributed by atoms with Gasteiger partial charge in [-0.1, -0.05) is 0 Å². The van der Waals surface area contributed by atoms with Gasteiger partial charge in [-0.05, 0) is 6.42 Å². The van der Waals surface area contributed by atoms with Crippen LogP contribution in [0.4, 0.5) is 5.82 Å². The van der Waals surface area contributed by atoms with Crippen molar-refractivity contribution in [3.8, 4) is 0 Å². The molecular formula is C7H11N3O. The van der Waals surface area contributed by atoms with Crippen molar-refractivity contribution in [1.29, 1.82) is 0 Å². The van der Waals surface area contributed by atoms with Crippen LogP contribution in [0.3, 0.4) is 0 Å². The third-order valence-electron chi connectivity index (χ3n) is 1.95. The average Bonchev–Trinajstić information content (AvgIpc) is 2.55. The van der Waals surface area contributed by atoms with Crippen LogP contribution in [-0.4, -0.2) is 22.8 Å². The molecule has 0 saturated carbocycles. The number of ether oxygens (including phenoxy) is 1. The van der Waals surface area contributed by atoms with E-state index in [9.17, 15) is 0 Å². The molecule has 2 heterocycles. The number of hydrogen-bond donors (Lipinski definition) is 1. The summed E-state index contributed by atoms with van der Waals surface area (Å²) in [7, 11) is 0. The van der Waals surface area contributed by atoms with Crippen LogP contribution in [0.5, 0.6) is 0 Å². The van der Waals surface area contributed by atoms with E-state index in [4.69, 9.17) is 10.5 Å². The van der Waals surface area contributed by atoms with E-state index in [-0.39, 0.29) is 0 Å². The molecule has 1 aliphatic heterocycles. The Hall–Kier alpha value is -1.03. The molecule has 0 radical (unpaired) electrons. The summed E-state index contributed by atoms with van der Waals surface area (Å²) in [5, 5.41) is 0. The van der Waals surface area contributed by atoms with Crippen LogP contribution >= 0.6 is 0 Å². The monoisotopic (exact) mass is 153 g/mol. The smallest absolute Gasteiger partial charge is 0.141 e. The normalized spacial score (nSPS) is 24.2. The van der Waals surface area contributed by atoms with Gasteiger partial charge in [0.05, 0.1) is 19.0 Å². The zero-order chi connectivity index (χ0) is 7.68. The summed E-state index contributed by atoms with van der Waals surface area (Å²) in [5.41, 5.74) is 5.47. The third kappa shape index (κ3) is 1.21. The minimum Gasteiger partial charge on any atom is -0.382 e. The second-order valence-corrected chi connectivity index (χ2v) is 2.76. The Balaban J connectivity index is 2.15. The van der Waals surface area contributed by atoms with Gasteiger partial charge in [0, 0.05) is 12.8 Å². The molecule has 60 valence electrons. The van der Waals surface area contributed by atoms with Gasteiger partial charge in [0.2, 0.25) is 0 Å². The Bertz CT molecular complexity index is 240. The van der Waals surface area contributed by atoms with E-state index in [1.54, 1.807) is 6.33 Å². The molecule has 0 bridgehead atoms. The first-order chi connectivity index (χ1) is 5.36. The largest absolute Gasteiger partial charge is 0.382 e. The highest BCUT2D eigenvalue weighted by molar-refractivity contribution is 5.22. The van der Waals surface area contributed by atoms with Crippen LogP contribution < -0.4 is 5.73 Å². The summed E-state index contributed by atoms with van der Waals surface area (Å²) >= 11 is 0. The zero-order valence-corrected chi connectivity index (χ0v) is 6.23. The quantitative estimate of drug-likeness (QED) is 0.636. The summed E-state index contributed by atoms with van der Waals surface area (Å²) < 4.78 is 7.25. The molecule has 0 aromatic carbocycles. The molecule has 2 rings (SSSR count). The maximum Gasteiger partial charge on any atom is 0.141 e. The second-order valence-electron chi connectivity index (χ2n) is 2.76. The number of imidazole rings is 1. The molecule has 1 unspecified atom stereocenters. The van der Waals surface area contributed by atoms with E-state index < -0.39 is 0 Å². The maximum absolute atomic E-state index is 5.47. The predicted octanol–water partition coefficient (Wildman–Crippen LogP) is 0.427. The molecule has 1 aromatic rings. The summed E-state index contributed by atoms with van der Waals surface area (Å²) in [6.45, 7) is 1.64. The molecule has 0 aliphatic carbocycles. The molecule has 4 nitrogen and oxygen atoms in total. The van der Waals surface area contributed by atoms with Crippen LogP contribution in [0.1, 0.15) is 12.5 Å². The number of rotatable bonds is 1. The Morgan fingerprint density at radius 2 is 2.64 bits per heavy atom. The van der Waals surface area contributed by atoms with Gasteiger partial charge < -0.3 is 15.0 Å². The lowest BCUT2D eigenvalue weighted by Crippen LogP contribution is -2.05. The molecule has 11 heavy (non-hydrogen) atoms. The minimum atomic E-state index is 0.444. The molecule has 4 heteroatoms. The molecule has 2 N–H and O–H groups in total. The molecule has 1 fully saturated rings. The van der Waals surface area contributed by atoms with Crippen LogP contribution in [0.2, 0.25) is 0 Å². The fourth-order valence-corrected chi connectivity index (χ4v) is 1.31. The summed E-state index contributed by atoms with van der Waals surface area (Å²) in [5.74, 6) is 0.580. The van der Waals surface area contributed by atoms with Crippen molar-refractivity contribution in [3.63, 3.8) is 0 Å². The van der Waals surface area contributed by atoms with Crippen molar-refractivity contribution >= 4 is 5.82 Å². The van der Waals surface area contributed by atoms with Gasteiger partial charge in [0.1, 0.15) is 5.82 Å². The van der Waals surface area contributed by atoms with Gasteiger partial charge in [-0.25, -0.2) is 4.98 Å². The second kappa shape index (κ2) is 2.54. The molecule has 1 aliphatic rings. The van der Waals surface area contributed by atoms with Gasteiger partial charge >= 0.3 is 0 Å². The number of aromatic nitrogens is 2. The first kappa shape index (κ1) is 6.67. The van der Waals surface area contributed by atoms with Crippen LogP contribution in [-0.2, 0) is 4.74 Å². The Labute approximate surface area is 65.0 Å². The maximum atomic E-state index is 5.47. The van der Waals surface area contributed by atoms with Crippen LogP contribution in [0.15, 0.2) is 12.5 Å². The lowest BCUT2D eigenvalue weighted by atomic mass is 10.3. The van der Waals surface area contributed by atoms with Gasteiger partial charge in [-0.3, -0.25) is 0 Å². The van der Waals surface area contributed by atoms with Crippen LogP contribution in [0, 0.1) is 0 Å². The first-order valence-corrected chi connectivity index (χ1v) is 3.73. The number of hydrogen-bond acceptors (Lipinski definition) is 3. The highest BCUT2D eigenvalue weighted by atomic mass is 16.5. The van der Waals surface area contributed by atoms with Crippen molar-refractivity contribution in [2.75, 3.05) is 18.9 Å². The predicted molar refractivity (Wildman–Crippen MR) is 41.1 cm³/mol. The average molecular weight is 153 g/mol. The number of nitrogens with two attached hydrogens (primary N) is 1. The lowest BCUT2D eigenvalue weighted by molar-refractivity contribution is 0.186. The summed E-state index contributed by atoms with van der Waals surface area (Å²) in [4.78, 5) is 3.95. The molecule has 0 spiro atoms. The van der Waals surface area contributed by atoms with Gasteiger partial charge in [-0.15, -0.1) is 0 Å². The Morgan fingerprint density at radius 3 is 3.18 bits per heavy atom. The van der Waals surface area contributed by atoms with Crippen molar-refractivity contribution < 1.29 is 4.74 Å². The van der Waals surface area contributed by atoms with Crippen molar-refractivity contribution in [1.82, 2.24) is 9.55 Å². The fraction of sp³-hybridized carbons (Fsp3) is 0.571. The summed E-state index contributed by atoms with van der Waals surface area (Å²) in [6, 6.07) is 0.444. The number of nitrogens with zero attached hydrogens (tertiary/aromatic N) is 2. The summed E-state index contributed by atoms with van der Waals surface area (Å²) in [6.07, 6.45) is 4.67. The minimum absolute atomic E-state index is 0.444. The molecule has 1 aromatic heterocycles. The van der Waals surface area contributed by atoms with E-state index in [0.29, 0.717) is 11.9 Å². The highest BCUT2D eigenvalue weighted by Crippen LogP contribution is 2.18. The number of nitrogen functional groups attached to an aromatic ring is 1. The first-order valence-electron chi connectivity index (χ1n) is 3.73. The van der Waals surface area contributed by atoms with Crippen molar-refractivity contribution in [3.05, 3.63) is 12.5 Å². The zero-order valence-electron chi connectivity index (χ0n) is 6.23. The number of anilines is 1. The van der Waals surface area contributed by atoms with E-state index in [2.05, 4.69) is 4.98 Å². The highest BCUT2D eigenvalue weighted by Gasteiger charge is 2.16. The van der Waals surface area contributed by atoms with Crippen molar-refractivity contribution in [2.24, 2.45) is 0 Å². The van der Waals surface area contributed by atoms with Crippen molar-refractivity contribution in [2.45, 2.75) is 12.5 Å². The van der Waals surface area contributed by atoms with E-state index in [1.807, 2.05) is 10.8 Å². The topological polar surface area (TPSA) is 53.1 Å². The Kier molecular flexibility index (Phi) is 1.54. The molecule has 1 atom stereocenters. The SMILES string of the molecule is Nc1cn(C2CCOC2)cn1. The Morgan fingerprint density at radius 1 is 1.73 bits per heavy atom. The van der Waals surface area contributed by atoms with E-state index in [0.717, 1.165) is 19.6 Å². The lowest BCUT2D eigenvalue weighted by Gasteiger charge is -2.06. The standard InChI is InChI=1S/C7H11N3O/c8-7-3-10(5-9-7)6-1-2-11-4-6/h3,5-6H,1-2,4,8H2. The third-order valence-corrected chi connectivity index (χ3v) is 1.95.